The number of fused-ring (bicyclic) bond motifs is 1. The molecule has 0 saturated carbocycles. The summed E-state index contributed by atoms with van der Waals surface area (Å²) in [6.07, 6.45) is -0.667. The fraction of sp³-hybridized carbons (Fsp3) is 0.208. The molecule has 36 heavy (non-hydrogen) atoms. The summed E-state index contributed by atoms with van der Waals surface area (Å²) < 4.78 is 66.6. The molecule has 1 heterocycles. The molecule has 1 unspecified atom stereocenters. The first-order valence-corrected chi connectivity index (χ1v) is 12.9. The number of carbonyl (C=O) groups is 1. The predicted molar refractivity (Wildman–Crippen MR) is 133 cm³/mol. The maximum absolute atomic E-state index is 13.9. The normalized spacial score (nSPS) is 15.2. The quantitative estimate of drug-likeness (QED) is 0.414. The summed E-state index contributed by atoms with van der Waals surface area (Å²) in [5.41, 5.74) is 0.375. The Balaban J connectivity index is 1.73. The Morgan fingerprint density at radius 2 is 1.83 bits per heavy atom. The Labute approximate surface area is 216 Å². The molecule has 0 fully saturated rings. The van der Waals surface area contributed by atoms with Gasteiger partial charge in [-0.25, -0.2) is 17.2 Å². The fourth-order valence-corrected chi connectivity index (χ4v) is 5.71. The molecule has 0 radical (unpaired) electrons. The van der Waals surface area contributed by atoms with Gasteiger partial charge in [0, 0.05) is 12.3 Å². The van der Waals surface area contributed by atoms with Crippen molar-refractivity contribution in [3.63, 3.8) is 0 Å². The molecule has 3 aromatic rings. The Morgan fingerprint density at radius 3 is 2.50 bits per heavy atom. The molecule has 1 aliphatic rings. The standard InChI is InChI=1S/C24H20Cl2F2N2O5S/c1-2-34-13-15-12-30(36(32,33)16-7-8-19(27)20(28)11-16)21-10-14(6-9-22(21)35-15)29-24(31)23-17(25)4-3-5-18(23)26/h3-11,15H,2,12-13H2,1H3,(H,29,31). The summed E-state index contributed by atoms with van der Waals surface area (Å²) >= 11 is 12.2. The SMILES string of the molecule is CCOCC1CN(S(=O)(=O)c2ccc(F)c(F)c2)c2cc(NC(=O)c3c(Cl)cccc3Cl)ccc2O1. The van der Waals surface area contributed by atoms with Crippen molar-refractivity contribution in [3.8, 4) is 5.75 Å². The Morgan fingerprint density at radius 1 is 1.11 bits per heavy atom. The van der Waals surface area contributed by atoms with Crippen molar-refractivity contribution in [2.75, 3.05) is 29.4 Å². The highest BCUT2D eigenvalue weighted by molar-refractivity contribution is 7.92. The van der Waals surface area contributed by atoms with Gasteiger partial charge < -0.3 is 14.8 Å². The summed E-state index contributed by atoms with van der Waals surface area (Å²) in [6, 6.07) is 11.4. The van der Waals surface area contributed by atoms with E-state index in [1.54, 1.807) is 13.0 Å². The van der Waals surface area contributed by atoms with Crippen molar-refractivity contribution in [2.24, 2.45) is 0 Å². The van der Waals surface area contributed by atoms with Crippen LogP contribution in [0.15, 0.2) is 59.5 Å². The van der Waals surface area contributed by atoms with E-state index in [-0.39, 0.29) is 45.9 Å². The topological polar surface area (TPSA) is 84.9 Å². The molecule has 1 N–H and O–H groups in total. The van der Waals surface area contributed by atoms with Gasteiger partial charge >= 0.3 is 0 Å². The number of hydrogen-bond acceptors (Lipinski definition) is 5. The lowest BCUT2D eigenvalue weighted by Crippen LogP contribution is -2.45. The highest BCUT2D eigenvalue weighted by atomic mass is 35.5. The van der Waals surface area contributed by atoms with E-state index in [9.17, 15) is 22.0 Å². The molecule has 12 heteroatoms. The zero-order valence-corrected chi connectivity index (χ0v) is 21.1. The zero-order valence-electron chi connectivity index (χ0n) is 18.8. The van der Waals surface area contributed by atoms with Crippen molar-refractivity contribution in [2.45, 2.75) is 17.9 Å². The fourth-order valence-electron chi connectivity index (χ4n) is 3.63. The van der Waals surface area contributed by atoms with E-state index in [1.807, 2.05) is 0 Å². The first-order chi connectivity index (χ1) is 17.1. The largest absolute Gasteiger partial charge is 0.484 e. The van der Waals surface area contributed by atoms with Crippen molar-refractivity contribution in [1.29, 1.82) is 0 Å². The van der Waals surface area contributed by atoms with Gasteiger partial charge in [-0.3, -0.25) is 9.10 Å². The van der Waals surface area contributed by atoms with Gasteiger partial charge in [0.2, 0.25) is 0 Å². The lowest BCUT2D eigenvalue weighted by atomic mass is 10.1. The van der Waals surface area contributed by atoms with E-state index in [0.29, 0.717) is 12.7 Å². The van der Waals surface area contributed by atoms with Crippen LogP contribution >= 0.6 is 23.2 Å². The van der Waals surface area contributed by atoms with Crippen LogP contribution in [-0.4, -0.2) is 40.2 Å². The Bertz CT molecular complexity index is 1400. The molecule has 190 valence electrons. The number of nitrogens with one attached hydrogen (secondary N) is 1. The smallest absolute Gasteiger partial charge is 0.264 e. The maximum atomic E-state index is 13.9. The predicted octanol–water partition coefficient (Wildman–Crippen LogP) is 5.52. The summed E-state index contributed by atoms with van der Waals surface area (Å²) in [4.78, 5) is 12.4. The summed E-state index contributed by atoms with van der Waals surface area (Å²) in [5.74, 6) is -2.88. The molecule has 0 spiro atoms. The van der Waals surface area contributed by atoms with Crippen molar-refractivity contribution < 1.29 is 31.5 Å². The van der Waals surface area contributed by atoms with Crippen LogP contribution in [0.3, 0.4) is 0 Å². The number of halogens is 4. The first kappa shape index (κ1) is 26.2. The molecule has 0 saturated heterocycles. The van der Waals surface area contributed by atoms with Gasteiger partial charge in [-0.2, -0.15) is 0 Å². The lowest BCUT2D eigenvalue weighted by Gasteiger charge is -2.35. The van der Waals surface area contributed by atoms with Crippen LogP contribution in [0.4, 0.5) is 20.2 Å². The zero-order chi connectivity index (χ0) is 26.0. The minimum Gasteiger partial charge on any atom is -0.484 e. The number of sulfonamides is 1. The second kappa shape index (κ2) is 10.6. The van der Waals surface area contributed by atoms with Crippen LogP contribution in [0.2, 0.25) is 10.0 Å². The molecule has 1 amide bonds. The Hall–Kier alpha value is -2.92. The highest BCUT2D eigenvalue weighted by Crippen LogP contribution is 2.39. The second-order valence-electron chi connectivity index (χ2n) is 7.74. The monoisotopic (exact) mass is 556 g/mol. The summed E-state index contributed by atoms with van der Waals surface area (Å²) in [7, 11) is -4.35. The molecular formula is C24H20Cl2F2N2O5S. The summed E-state index contributed by atoms with van der Waals surface area (Å²) in [5, 5.41) is 2.93. The van der Waals surface area contributed by atoms with Gasteiger partial charge in [-0.15, -0.1) is 0 Å². The van der Waals surface area contributed by atoms with E-state index in [0.717, 1.165) is 16.4 Å². The third-order valence-corrected chi connectivity index (χ3v) is 7.73. The lowest BCUT2D eigenvalue weighted by molar-refractivity contribution is 0.0577. The van der Waals surface area contributed by atoms with E-state index >= 15 is 0 Å². The average molecular weight is 557 g/mol. The number of anilines is 2. The number of benzene rings is 3. The van der Waals surface area contributed by atoms with E-state index < -0.39 is 38.6 Å². The van der Waals surface area contributed by atoms with Crippen LogP contribution in [0, 0.1) is 11.6 Å². The van der Waals surface area contributed by atoms with Gasteiger partial charge in [0.15, 0.2) is 11.6 Å². The van der Waals surface area contributed by atoms with E-state index in [2.05, 4.69) is 5.32 Å². The Kier molecular flexibility index (Phi) is 7.70. The molecule has 3 aromatic carbocycles. The van der Waals surface area contributed by atoms with E-state index in [4.69, 9.17) is 32.7 Å². The minimum absolute atomic E-state index is 0.0536. The number of rotatable bonds is 7. The second-order valence-corrected chi connectivity index (χ2v) is 10.4. The molecule has 4 rings (SSSR count). The third kappa shape index (κ3) is 5.27. The van der Waals surface area contributed by atoms with Gasteiger partial charge in [0.05, 0.1) is 39.3 Å². The van der Waals surface area contributed by atoms with Crippen LogP contribution < -0.4 is 14.4 Å². The van der Waals surface area contributed by atoms with Crippen LogP contribution in [-0.2, 0) is 14.8 Å². The molecular weight excluding hydrogens is 537 g/mol. The third-order valence-electron chi connectivity index (χ3n) is 5.33. The highest BCUT2D eigenvalue weighted by Gasteiger charge is 2.35. The van der Waals surface area contributed by atoms with Crippen molar-refractivity contribution in [3.05, 3.63) is 81.8 Å². The number of ether oxygens (including phenoxy) is 2. The molecule has 1 aliphatic heterocycles. The van der Waals surface area contributed by atoms with Gasteiger partial charge in [-0.1, -0.05) is 29.3 Å². The van der Waals surface area contributed by atoms with Crippen molar-refractivity contribution >= 4 is 50.5 Å². The van der Waals surface area contributed by atoms with Crippen LogP contribution in [0.1, 0.15) is 17.3 Å². The molecule has 0 aromatic heterocycles. The minimum atomic E-state index is -4.35. The van der Waals surface area contributed by atoms with Gasteiger partial charge in [-0.05, 0) is 55.5 Å². The van der Waals surface area contributed by atoms with Gasteiger partial charge in [0.25, 0.3) is 15.9 Å². The number of carbonyl (C=O) groups excluding carboxylic acids is 1. The summed E-state index contributed by atoms with van der Waals surface area (Å²) in [6.45, 7) is 2.11. The first-order valence-electron chi connectivity index (χ1n) is 10.7. The molecule has 0 bridgehead atoms. The van der Waals surface area contributed by atoms with Gasteiger partial charge in [0.1, 0.15) is 11.9 Å². The number of nitrogens with zero attached hydrogens (tertiary/aromatic N) is 1. The average Bonchev–Trinajstić information content (AvgIpc) is 2.83. The number of amides is 1. The molecule has 0 aliphatic carbocycles. The van der Waals surface area contributed by atoms with Crippen molar-refractivity contribution in [1.82, 2.24) is 0 Å². The molecule has 7 nitrogen and oxygen atoms in total. The van der Waals surface area contributed by atoms with E-state index in [1.165, 1.54) is 30.3 Å². The van der Waals surface area contributed by atoms with Crippen LogP contribution in [0.5, 0.6) is 5.75 Å². The number of hydrogen-bond donors (Lipinski definition) is 1. The maximum Gasteiger partial charge on any atom is 0.264 e. The van der Waals surface area contributed by atoms with Crippen LogP contribution in [0.25, 0.3) is 0 Å². The molecule has 1 atom stereocenters.